The van der Waals surface area contributed by atoms with Crippen LogP contribution in [0.25, 0.3) is 0 Å². The van der Waals surface area contributed by atoms with Gasteiger partial charge >= 0.3 is 0 Å². The number of hydrogen-bond donors (Lipinski definition) is 1. The summed E-state index contributed by atoms with van der Waals surface area (Å²) < 4.78 is 1.09. The van der Waals surface area contributed by atoms with Crippen molar-refractivity contribution in [3.05, 3.63) is 56.7 Å². The lowest BCUT2D eigenvalue weighted by Crippen LogP contribution is -1.99. The third-order valence-corrected chi connectivity index (χ3v) is 3.92. The molecule has 0 aliphatic heterocycles. The predicted octanol–water partition coefficient (Wildman–Crippen LogP) is 3.79. The normalized spacial score (nSPS) is 12.7. The Morgan fingerprint density at radius 3 is 2.60 bits per heavy atom. The number of rotatable bonds is 3. The van der Waals surface area contributed by atoms with Crippen molar-refractivity contribution in [2.75, 3.05) is 0 Å². The van der Waals surface area contributed by atoms with Gasteiger partial charge in [-0.3, -0.25) is 0 Å². The molecule has 78 valence electrons. The van der Waals surface area contributed by atoms with Gasteiger partial charge in [0, 0.05) is 21.2 Å². The molecule has 1 atom stereocenters. The molecule has 0 fully saturated rings. The van der Waals surface area contributed by atoms with E-state index in [4.69, 9.17) is 0 Å². The lowest BCUT2D eigenvalue weighted by Gasteiger charge is -2.08. The van der Waals surface area contributed by atoms with E-state index in [2.05, 4.69) is 22.0 Å². The average Bonchev–Trinajstić information content (AvgIpc) is 2.65. The minimum atomic E-state index is -0.406. The Morgan fingerprint density at radius 1 is 1.27 bits per heavy atom. The summed E-state index contributed by atoms with van der Waals surface area (Å²) in [6.07, 6.45) is 0.275. The first-order valence-electron chi connectivity index (χ1n) is 4.71. The highest BCUT2D eigenvalue weighted by molar-refractivity contribution is 9.10. The van der Waals surface area contributed by atoms with Crippen LogP contribution in [0.1, 0.15) is 16.5 Å². The van der Waals surface area contributed by atoms with Gasteiger partial charge < -0.3 is 5.11 Å². The topological polar surface area (TPSA) is 20.2 Å². The molecule has 1 aromatic carbocycles. The van der Waals surface area contributed by atoms with Crippen LogP contribution >= 0.6 is 27.3 Å². The molecule has 0 aliphatic carbocycles. The van der Waals surface area contributed by atoms with E-state index in [-0.39, 0.29) is 0 Å². The van der Waals surface area contributed by atoms with Gasteiger partial charge in [-0.1, -0.05) is 30.3 Å². The zero-order valence-corrected chi connectivity index (χ0v) is 10.5. The molecule has 1 nitrogen and oxygen atoms in total. The quantitative estimate of drug-likeness (QED) is 0.908. The number of thiophene rings is 1. The Morgan fingerprint density at radius 2 is 2.00 bits per heavy atom. The Bertz CT molecular complexity index is 424. The monoisotopic (exact) mass is 282 g/mol. The van der Waals surface area contributed by atoms with Crippen molar-refractivity contribution in [2.45, 2.75) is 12.5 Å². The van der Waals surface area contributed by atoms with Gasteiger partial charge in [0.05, 0.1) is 6.10 Å². The van der Waals surface area contributed by atoms with Gasteiger partial charge in [-0.15, -0.1) is 11.3 Å². The Labute approximate surface area is 102 Å². The number of aliphatic hydroxyl groups is 1. The molecule has 15 heavy (non-hydrogen) atoms. The summed E-state index contributed by atoms with van der Waals surface area (Å²) in [7, 11) is 0. The zero-order chi connectivity index (χ0) is 10.7. The number of halogens is 1. The van der Waals surface area contributed by atoms with E-state index in [0.717, 1.165) is 10.0 Å². The zero-order valence-electron chi connectivity index (χ0n) is 8.06. The SMILES string of the molecule is OC(Cc1cc(Br)cs1)c1ccccc1. The van der Waals surface area contributed by atoms with Crippen molar-refractivity contribution < 1.29 is 5.11 Å². The van der Waals surface area contributed by atoms with Gasteiger partial charge in [0.1, 0.15) is 0 Å². The second kappa shape index (κ2) is 4.92. The molecule has 1 unspecified atom stereocenters. The Hall–Kier alpha value is -0.640. The summed E-state index contributed by atoms with van der Waals surface area (Å²) >= 11 is 5.07. The third-order valence-electron chi connectivity index (χ3n) is 2.20. The van der Waals surface area contributed by atoms with E-state index in [9.17, 15) is 5.11 Å². The van der Waals surface area contributed by atoms with Gasteiger partial charge in [0.25, 0.3) is 0 Å². The number of benzene rings is 1. The van der Waals surface area contributed by atoms with Crippen LogP contribution in [0.2, 0.25) is 0 Å². The van der Waals surface area contributed by atoms with E-state index in [1.54, 1.807) is 11.3 Å². The van der Waals surface area contributed by atoms with E-state index >= 15 is 0 Å². The van der Waals surface area contributed by atoms with Crippen LogP contribution in [0, 0.1) is 0 Å². The maximum absolute atomic E-state index is 9.97. The van der Waals surface area contributed by atoms with Crippen molar-refractivity contribution >= 4 is 27.3 Å². The first-order chi connectivity index (χ1) is 7.25. The van der Waals surface area contributed by atoms with E-state index in [1.165, 1.54) is 4.88 Å². The molecule has 1 heterocycles. The van der Waals surface area contributed by atoms with Gasteiger partial charge in [-0.25, -0.2) is 0 Å². The molecule has 0 saturated heterocycles. The minimum absolute atomic E-state index is 0.406. The second-order valence-corrected chi connectivity index (χ2v) is 5.27. The average molecular weight is 283 g/mol. The van der Waals surface area contributed by atoms with Crippen molar-refractivity contribution in [1.82, 2.24) is 0 Å². The summed E-state index contributed by atoms with van der Waals surface area (Å²) in [5.41, 5.74) is 0.974. The van der Waals surface area contributed by atoms with E-state index in [0.29, 0.717) is 6.42 Å². The van der Waals surface area contributed by atoms with Crippen molar-refractivity contribution in [3.63, 3.8) is 0 Å². The maximum atomic E-state index is 9.97. The third kappa shape index (κ3) is 2.91. The van der Waals surface area contributed by atoms with E-state index in [1.807, 2.05) is 35.7 Å². The Kier molecular flexibility index (Phi) is 3.57. The number of aliphatic hydroxyl groups excluding tert-OH is 1. The highest BCUT2D eigenvalue weighted by Crippen LogP contribution is 2.25. The van der Waals surface area contributed by atoms with Crippen LogP contribution in [0.15, 0.2) is 46.3 Å². The first kappa shape index (κ1) is 10.9. The summed E-state index contributed by atoms with van der Waals surface area (Å²) in [6, 6.07) is 11.8. The molecule has 1 N–H and O–H groups in total. The van der Waals surface area contributed by atoms with Gasteiger partial charge in [0.2, 0.25) is 0 Å². The fraction of sp³-hybridized carbons (Fsp3) is 0.167. The molecule has 0 aliphatic rings. The minimum Gasteiger partial charge on any atom is -0.388 e. The number of hydrogen-bond acceptors (Lipinski definition) is 2. The molecule has 0 radical (unpaired) electrons. The second-order valence-electron chi connectivity index (χ2n) is 3.36. The van der Waals surface area contributed by atoms with Gasteiger partial charge in [0.15, 0.2) is 0 Å². The summed E-state index contributed by atoms with van der Waals surface area (Å²) in [6.45, 7) is 0. The van der Waals surface area contributed by atoms with Crippen LogP contribution in [-0.4, -0.2) is 5.11 Å². The van der Waals surface area contributed by atoms with Crippen LogP contribution in [0.5, 0.6) is 0 Å². The van der Waals surface area contributed by atoms with Crippen LogP contribution in [0.4, 0.5) is 0 Å². The molecule has 1 aromatic heterocycles. The maximum Gasteiger partial charge on any atom is 0.0838 e. The smallest absolute Gasteiger partial charge is 0.0838 e. The van der Waals surface area contributed by atoms with Crippen LogP contribution < -0.4 is 0 Å². The Balaban J connectivity index is 2.07. The fourth-order valence-electron chi connectivity index (χ4n) is 1.44. The molecule has 0 saturated carbocycles. The summed E-state index contributed by atoms with van der Waals surface area (Å²) in [5, 5.41) is 12.0. The highest BCUT2D eigenvalue weighted by atomic mass is 79.9. The predicted molar refractivity (Wildman–Crippen MR) is 67.1 cm³/mol. The lowest BCUT2D eigenvalue weighted by atomic mass is 10.1. The first-order valence-corrected chi connectivity index (χ1v) is 6.39. The molecule has 0 spiro atoms. The van der Waals surface area contributed by atoms with Crippen LogP contribution in [0.3, 0.4) is 0 Å². The highest BCUT2D eigenvalue weighted by Gasteiger charge is 2.09. The van der Waals surface area contributed by atoms with Crippen molar-refractivity contribution in [3.8, 4) is 0 Å². The van der Waals surface area contributed by atoms with Gasteiger partial charge in [-0.05, 0) is 27.6 Å². The molecule has 0 amide bonds. The molecule has 0 bridgehead atoms. The standard InChI is InChI=1S/C12H11BrOS/c13-10-6-11(15-8-10)7-12(14)9-4-2-1-3-5-9/h1-6,8,12,14H,7H2. The summed E-state index contributed by atoms with van der Waals surface area (Å²) in [5.74, 6) is 0. The summed E-state index contributed by atoms with van der Waals surface area (Å²) in [4.78, 5) is 1.19. The molecular weight excluding hydrogens is 272 g/mol. The molecule has 3 heteroatoms. The van der Waals surface area contributed by atoms with E-state index < -0.39 is 6.10 Å². The molecule has 2 rings (SSSR count). The lowest BCUT2D eigenvalue weighted by molar-refractivity contribution is 0.179. The fourth-order valence-corrected chi connectivity index (χ4v) is 2.93. The van der Waals surface area contributed by atoms with Crippen molar-refractivity contribution in [1.29, 1.82) is 0 Å². The van der Waals surface area contributed by atoms with Crippen molar-refractivity contribution in [2.24, 2.45) is 0 Å². The van der Waals surface area contributed by atoms with Gasteiger partial charge in [-0.2, -0.15) is 0 Å². The largest absolute Gasteiger partial charge is 0.388 e. The van der Waals surface area contributed by atoms with Crippen LogP contribution in [-0.2, 0) is 6.42 Å². The molecule has 2 aromatic rings. The molecular formula is C12H11BrOS.